The van der Waals surface area contributed by atoms with E-state index in [1.165, 1.54) is 6.07 Å². The Hall–Kier alpha value is -2.40. The minimum atomic E-state index is -0.262. The number of benzene rings is 2. The maximum Gasteiger partial charge on any atom is 0.258 e. The molecule has 0 spiro atoms. The van der Waals surface area contributed by atoms with Gasteiger partial charge in [0.25, 0.3) is 5.91 Å². The number of nitrogens with one attached hydrogen (secondary N) is 1. The van der Waals surface area contributed by atoms with Gasteiger partial charge in [-0.1, -0.05) is 17.7 Å². The van der Waals surface area contributed by atoms with Crippen LogP contribution in [0.15, 0.2) is 18.2 Å². The third-order valence-corrected chi connectivity index (χ3v) is 4.99. The summed E-state index contributed by atoms with van der Waals surface area (Å²) in [5, 5.41) is 23.6. The third kappa shape index (κ3) is 2.45. The first-order valence-corrected chi connectivity index (χ1v) is 8.02. The maximum atomic E-state index is 12.9. The lowest BCUT2D eigenvalue weighted by Crippen LogP contribution is -2.26. The van der Waals surface area contributed by atoms with Crippen molar-refractivity contribution in [3.8, 4) is 11.5 Å². The fourth-order valence-corrected chi connectivity index (χ4v) is 3.44. The Bertz CT molecular complexity index is 849. The fraction of sp³-hybridized carbons (Fsp3) is 0.278. The summed E-state index contributed by atoms with van der Waals surface area (Å²) in [5.41, 5.74) is 4.25. The largest absolute Gasteiger partial charge is 0.508 e. The average Bonchev–Trinajstić information content (AvgIpc) is 2.96. The highest BCUT2D eigenvalue weighted by molar-refractivity contribution is 6.33. The second-order valence-electron chi connectivity index (χ2n) is 6.01. The smallest absolute Gasteiger partial charge is 0.258 e. The predicted octanol–water partition coefficient (Wildman–Crippen LogP) is 3.57. The minimum Gasteiger partial charge on any atom is -0.508 e. The Morgan fingerprint density at radius 3 is 2.54 bits per heavy atom. The predicted molar refractivity (Wildman–Crippen MR) is 93.8 cm³/mol. The lowest BCUT2D eigenvalue weighted by Gasteiger charge is -2.19. The van der Waals surface area contributed by atoms with E-state index in [2.05, 4.69) is 5.32 Å². The molecule has 3 rings (SSSR count). The molecule has 0 radical (unpaired) electrons. The van der Waals surface area contributed by atoms with Crippen molar-refractivity contribution in [1.29, 1.82) is 0 Å². The SMILES string of the molecule is CNc1c(Cl)ccc2c1CN(C(=O)c1c(O)cc(O)c(C)c1C)C2. The van der Waals surface area contributed by atoms with E-state index in [0.717, 1.165) is 16.8 Å². The highest BCUT2D eigenvalue weighted by atomic mass is 35.5. The van der Waals surface area contributed by atoms with Crippen LogP contribution in [0.2, 0.25) is 5.02 Å². The molecule has 5 nitrogen and oxygen atoms in total. The van der Waals surface area contributed by atoms with Crippen molar-refractivity contribution in [3.05, 3.63) is 51.0 Å². The highest BCUT2D eigenvalue weighted by Crippen LogP contribution is 2.37. The first-order chi connectivity index (χ1) is 11.3. The first kappa shape index (κ1) is 16.5. The lowest BCUT2D eigenvalue weighted by molar-refractivity contribution is 0.0747. The number of fused-ring (bicyclic) bond motifs is 1. The quantitative estimate of drug-likeness (QED) is 0.777. The van der Waals surface area contributed by atoms with E-state index in [9.17, 15) is 15.0 Å². The highest BCUT2D eigenvalue weighted by Gasteiger charge is 2.30. The van der Waals surface area contributed by atoms with Crippen molar-refractivity contribution >= 4 is 23.2 Å². The maximum absolute atomic E-state index is 12.9. The molecule has 2 aromatic carbocycles. The lowest BCUT2D eigenvalue weighted by atomic mass is 10.00. The van der Waals surface area contributed by atoms with E-state index >= 15 is 0 Å². The summed E-state index contributed by atoms with van der Waals surface area (Å²) in [6.45, 7) is 4.32. The molecule has 24 heavy (non-hydrogen) atoms. The van der Waals surface area contributed by atoms with Crippen LogP contribution in [-0.4, -0.2) is 28.1 Å². The summed E-state index contributed by atoms with van der Waals surface area (Å²) in [6, 6.07) is 4.95. The molecule has 0 bridgehead atoms. The molecule has 2 aromatic rings. The van der Waals surface area contributed by atoms with Gasteiger partial charge in [-0.25, -0.2) is 0 Å². The van der Waals surface area contributed by atoms with Crippen LogP contribution >= 0.6 is 11.6 Å². The van der Waals surface area contributed by atoms with Crippen molar-refractivity contribution in [1.82, 2.24) is 4.90 Å². The topological polar surface area (TPSA) is 72.8 Å². The van der Waals surface area contributed by atoms with Crippen LogP contribution in [0.4, 0.5) is 5.69 Å². The van der Waals surface area contributed by atoms with E-state index in [4.69, 9.17) is 11.6 Å². The van der Waals surface area contributed by atoms with Gasteiger partial charge in [-0.05, 0) is 36.6 Å². The van der Waals surface area contributed by atoms with Crippen LogP contribution in [-0.2, 0) is 13.1 Å². The van der Waals surface area contributed by atoms with Gasteiger partial charge in [0.05, 0.1) is 16.3 Å². The normalized spacial score (nSPS) is 13.1. The monoisotopic (exact) mass is 346 g/mol. The standard InChI is InChI=1S/C18H19ClN2O3/c1-9-10(2)16(15(23)6-14(9)22)18(24)21-7-11-4-5-13(19)17(20-3)12(11)8-21/h4-6,20,22-23H,7-8H2,1-3H3. The summed E-state index contributed by atoms with van der Waals surface area (Å²) in [6.07, 6.45) is 0. The number of anilines is 1. The second kappa shape index (κ2) is 5.91. The van der Waals surface area contributed by atoms with Gasteiger partial charge < -0.3 is 20.4 Å². The molecular formula is C18H19ClN2O3. The van der Waals surface area contributed by atoms with Crippen LogP contribution in [0.25, 0.3) is 0 Å². The summed E-state index contributed by atoms with van der Waals surface area (Å²) in [4.78, 5) is 14.6. The Morgan fingerprint density at radius 1 is 1.17 bits per heavy atom. The zero-order valence-corrected chi connectivity index (χ0v) is 14.5. The number of carbonyl (C=O) groups excluding carboxylic acids is 1. The zero-order chi connectivity index (χ0) is 17.6. The zero-order valence-electron chi connectivity index (χ0n) is 13.8. The van der Waals surface area contributed by atoms with Crippen LogP contribution in [0.1, 0.15) is 32.6 Å². The number of hydrogen-bond donors (Lipinski definition) is 3. The molecular weight excluding hydrogens is 328 g/mol. The molecule has 6 heteroatoms. The van der Waals surface area contributed by atoms with Crippen LogP contribution in [0.3, 0.4) is 0 Å². The number of rotatable bonds is 2. The van der Waals surface area contributed by atoms with Gasteiger partial charge in [0, 0.05) is 31.8 Å². The Kier molecular flexibility index (Phi) is 4.05. The molecule has 0 unspecified atom stereocenters. The van der Waals surface area contributed by atoms with Crippen LogP contribution in [0, 0.1) is 13.8 Å². The summed E-state index contributed by atoms with van der Waals surface area (Å²) in [7, 11) is 1.80. The van der Waals surface area contributed by atoms with E-state index in [-0.39, 0.29) is 23.0 Å². The number of phenols is 2. The number of amides is 1. The molecule has 0 fully saturated rings. The number of hydrogen-bond acceptors (Lipinski definition) is 4. The molecule has 0 aromatic heterocycles. The number of halogens is 1. The van der Waals surface area contributed by atoms with E-state index in [0.29, 0.717) is 29.2 Å². The molecule has 0 atom stereocenters. The molecule has 0 saturated heterocycles. The van der Waals surface area contributed by atoms with Crippen LogP contribution in [0.5, 0.6) is 11.5 Å². The van der Waals surface area contributed by atoms with Crippen LogP contribution < -0.4 is 5.32 Å². The van der Waals surface area contributed by atoms with Crippen molar-refractivity contribution in [2.45, 2.75) is 26.9 Å². The number of carbonyl (C=O) groups is 1. The van der Waals surface area contributed by atoms with Crippen molar-refractivity contribution in [2.24, 2.45) is 0 Å². The number of aromatic hydroxyl groups is 2. The molecule has 126 valence electrons. The van der Waals surface area contributed by atoms with Gasteiger partial charge in [0.15, 0.2) is 0 Å². The Balaban J connectivity index is 1.98. The summed E-state index contributed by atoms with van der Waals surface area (Å²) in [5.74, 6) is -0.485. The van der Waals surface area contributed by atoms with E-state index in [1.807, 2.05) is 12.1 Å². The average molecular weight is 347 g/mol. The van der Waals surface area contributed by atoms with Gasteiger partial charge in [0.2, 0.25) is 0 Å². The minimum absolute atomic E-state index is 0.0180. The van der Waals surface area contributed by atoms with E-state index < -0.39 is 0 Å². The molecule has 0 saturated carbocycles. The Labute approximate surface area is 145 Å². The van der Waals surface area contributed by atoms with E-state index in [1.54, 1.807) is 25.8 Å². The Morgan fingerprint density at radius 2 is 1.88 bits per heavy atom. The van der Waals surface area contributed by atoms with Crippen molar-refractivity contribution in [2.75, 3.05) is 12.4 Å². The number of phenolic OH excluding ortho intramolecular Hbond substituents is 2. The molecule has 1 aliphatic rings. The van der Waals surface area contributed by atoms with Gasteiger partial charge in [-0.2, -0.15) is 0 Å². The third-order valence-electron chi connectivity index (χ3n) is 4.67. The summed E-state index contributed by atoms with van der Waals surface area (Å²) >= 11 is 6.21. The van der Waals surface area contributed by atoms with Gasteiger partial charge in [-0.15, -0.1) is 0 Å². The molecule has 1 aliphatic heterocycles. The molecule has 1 heterocycles. The van der Waals surface area contributed by atoms with Crippen molar-refractivity contribution < 1.29 is 15.0 Å². The molecule has 1 amide bonds. The van der Waals surface area contributed by atoms with Crippen molar-refractivity contribution in [3.63, 3.8) is 0 Å². The molecule has 3 N–H and O–H groups in total. The fourth-order valence-electron chi connectivity index (χ4n) is 3.17. The number of nitrogens with zero attached hydrogens (tertiary/aromatic N) is 1. The molecule has 0 aliphatic carbocycles. The van der Waals surface area contributed by atoms with Gasteiger partial charge in [-0.3, -0.25) is 4.79 Å². The summed E-state index contributed by atoms with van der Waals surface area (Å²) < 4.78 is 0. The van der Waals surface area contributed by atoms with Gasteiger partial charge >= 0.3 is 0 Å². The first-order valence-electron chi connectivity index (χ1n) is 7.64. The van der Waals surface area contributed by atoms with Gasteiger partial charge in [0.1, 0.15) is 11.5 Å². The second-order valence-corrected chi connectivity index (χ2v) is 6.42.